The highest BCUT2D eigenvalue weighted by Gasteiger charge is 2.20. The summed E-state index contributed by atoms with van der Waals surface area (Å²) < 4.78 is 11.5. The molecule has 1 atom stereocenters. The van der Waals surface area contributed by atoms with Gasteiger partial charge in [-0.05, 0) is 52.8 Å². The summed E-state index contributed by atoms with van der Waals surface area (Å²) in [5.41, 5.74) is 0.874. The molecule has 0 aliphatic rings. The van der Waals surface area contributed by atoms with Gasteiger partial charge in [-0.25, -0.2) is 0 Å². The number of methoxy groups -OCH3 is 1. The lowest BCUT2D eigenvalue weighted by Crippen LogP contribution is -2.26. The third-order valence-corrected chi connectivity index (χ3v) is 2.80. The molecule has 0 fully saturated rings. The molecule has 0 heterocycles. The van der Waals surface area contributed by atoms with E-state index in [1.165, 1.54) is 0 Å². The maximum Gasteiger partial charge on any atom is 0.128 e. The lowest BCUT2D eigenvalue weighted by molar-refractivity contribution is 0.128. The zero-order chi connectivity index (χ0) is 14.5. The van der Waals surface area contributed by atoms with Crippen LogP contribution in [-0.2, 0) is 0 Å². The Morgan fingerprint density at radius 3 is 2.37 bits per heavy atom. The first kappa shape index (κ1) is 15.8. The Morgan fingerprint density at radius 2 is 1.84 bits per heavy atom. The van der Waals surface area contributed by atoms with E-state index in [0.29, 0.717) is 0 Å². The molecule has 1 rings (SSSR count). The van der Waals surface area contributed by atoms with Gasteiger partial charge in [0.1, 0.15) is 17.1 Å². The van der Waals surface area contributed by atoms with E-state index in [4.69, 9.17) is 9.47 Å². The molecule has 1 aromatic carbocycles. The van der Waals surface area contributed by atoms with Crippen LogP contribution in [0.1, 0.15) is 52.6 Å². The normalized spacial score (nSPS) is 13.2. The van der Waals surface area contributed by atoms with Crippen molar-refractivity contribution in [3.8, 4) is 11.5 Å². The van der Waals surface area contributed by atoms with Gasteiger partial charge in [0.15, 0.2) is 0 Å². The second-order valence-electron chi connectivity index (χ2n) is 5.76. The van der Waals surface area contributed by atoms with Gasteiger partial charge in [-0.3, -0.25) is 0 Å². The molecule has 3 nitrogen and oxygen atoms in total. The zero-order valence-electron chi connectivity index (χ0n) is 13.0. The fourth-order valence-electron chi connectivity index (χ4n) is 2.01. The predicted octanol–water partition coefficient (Wildman–Crippen LogP) is 3.93. The van der Waals surface area contributed by atoms with Gasteiger partial charge in [0.2, 0.25) is 0 Å². The van der Waals surface area contributed by atoms with Gasteiger partial charge >= 0.3 is 0 Å². The lowest BCUT2D eigenvalue weighted by atomic mass is 10.0. The molecule has 0 aliphatic carbocycles. The standard InChI is InChI=1S/C16H27NO2/c1-7-11-17-12(2)15-13(18-6)9-8-10-14(15)19-16(3,4)5/h8-10,12,17H,7,11H2,1-6H3. The summed E-state index contributed by atoms with van der Waals surface area (Å²) in [6.07, 6.45) is 1.11. The minimum Gasteiger partial charge on any atom is -0.496 e. The third kappa shape index (κ3) is 4.75. The van der Waals surface area contributed by atoms with E-state index >= 15 is 0 Å². The van der Waals surface area contributed by atoms with Crippen molar-refractivity contribution in [1.29, 1.82) is 0 Å². The summed E-state index contributed by atoms with van der Waals surface area (Å²) in [5.74, 6) is 1.76. The molecule has 108 valence electrons. The van der Waals surface area contributed by atoms with Crippen LogP contribution >= 0.6 is 0 Å². The first-order valence-electron chi connectivity index (χ1n) is 6.98. The van der Waals surface area contributed by atoms with Crippen molar-refractivity contribution in [3.63, 3.8) is 0 Å². The van der Waals surface area contributed by atoms with E-state index in [1.807, 2.05) is 18.2 Å². The highest BCUT2D eigenvalue weighted by Crippen LogP contribution is 2.35. The predicted molar refractivity (Wildman–Crippen MR) is 80.1 cm³/mol. The zero-order valence-corrected chi connectivity index (χ0v) is 13.0. The van der Waals surface area contributed by atoms with Gasteiger partial charge in [-0.1, -0.05) is 13.0 Å². The van der Waals surface area contributed by atoms with Crippen LogP contribution in [0.5, 0.6) is 11.5 Å². The second kappa shape index (κ2) is 6.80. The van der Waals surface area contributed by atoms with E-state index in [9.17, 15) is 0 Å². The van der Waals surface area contributed by atoms with E-state index in [0.717, 1.165) is 30.0 Å². The smallest absolute Gasteiger partial charge is 0.128 e. The Labute approximate surface area is 117 Å². The summed E-state index contributed by atoms with van der Waals surface area (Å²) >= 11 is 0. The molecule has 1 unspecified atom stereocenters. The Balaban J connectivity index is 3.09. The summed E-state index contributed by atoms with van der Waals surface area (Å²) in [4.78, 5) is 0. The monoisotopic (exact) mass is 265 g/mol. The van der Waals surface area contributed by atoms with E-state index in [1.54, 1.807) is 7.11 Å². The first-order valence-corrected chi connectivity index (χ1v) is 6.98. The second-order valence-corrected chi connectivity index (χ2v) is 5.76. The molecule has 0 aliphatic heterocycles. The van der Waals surface area contributed by atoms with Crippen LogP contribution in [0, 0.1) is 0 Å². The Morgan fingerprint density at radius 1 is 1.21 bits per heavy atom. The first-order chi connectivity index (χ1) is 8.89. The molecule has 0 saturated heterocycles. The molecular weight excluding hydrogens is 238 g/mol. The minimum absolute atomic E-state index is 0.202. The Hall–Kier alpha value is -1.22. The van der Waals surface area contributed by atoms with Crippen LogP contribution < -0.4 is 14.8 Å². The number of hydrogen-bond acceptors (Lipinski definition) is 3. The SMILES string of the molecule is CCCNC(C)c1c(OC)cccc1OC(C)(C)C. The average Bonchev–Trinajstić information content (AvgIpc) is 2.33. The molecule has 0 radical (unpaired) electrons. The van der Waals surface area contributed by atoms with E-state index in [-0.39, 0.29) is 11.6 Å². The maximum absolute atomic E-state index is 6.06. The largest absolute Gasteiger partial charge is 0.496 e. The van der Waals surface area contributed by atoms with Crippen molar-refractivity contribution in [2.24, 2.45) is 0 Å². The third-order valence-electron chi connectivity index (χ3n) is 2.80. The van der Waals surface area contributed by atoms with Gasteiger partial charge in [0, 0.05) is 6.04 Å². The number of ether oxygens (including phenoxy) is 2. The summed E-state index contributed by atoms with van der Waals surface area (Å²) in [6.45, 7) is 11.5. The van der Waals surface area contributed by atoms with Crippen LogP contribution in [0.15, 0.2) is 18.2 Å². The maximum atomic E-state index is 6.06. The summed E-state index contributed by atoms with van der Waals surface area (Å²) in [7, 11) is 1.70. The van der Waals surface area contributed by atoms with Crippen LogP contribution in [0.4, 0.5) is 0 Å². The highest BCUT2D eigenvalue weighted by molar-refractivity contribution is 5.47. The average molecular weight is 265 g/mol. The number of hydrogen-bond donors (Lipinski definition) is 1. The Kier molecular flexibility index (Phi) is 5.67. The van der Waals surface area contributed by atoms with E-state index in [2.05, 4.69) is 39.9 Å². The topological polar surface area (TPSA) is 30.5 Å². The van der Waals surface area contributed by atoms with Gasteiger partial charge < -0.3 is 14.8 Å². The van der Waals surface area contributed by atoms with Gasteiger partial charge in [0.25, 0.3) is 0 Å². The molecule has 3 heteroatoms. The van der Waals surface area contributed by atoms with Crippen LogP contribution in [0.3, 0.4) is 0 Å². The molecule has 0 saturated carbocycles. The highest BCUT2D eigenvalue weighted by atomic mass is 16.5. The van der Waals surface area contributed by atoms with Crippen molar-refractivity contribution in [1.82, 2.24) is 5.32 Å². The van der Waals surface area contributed by atoms with Crippen molar-refractivity contribution < 1.29 is 9.47 Å². The van der Waals surface area contributed by atoms with Crippen LogP contribution in [-0.4, -0.2) is 19.3 Å². The quantitative estimate of drug-likeness (QED) is 0.845. The summed E-state index contributed by atoms with van der Waals surface area (Å²) in [5, 5.41) is 3.49. The lowest BCUT2D eigenvalue weighted by Gasteiger charge is -2.26. The molecular formula is C16H27NO2. The molecule has 19 heavy (non-hydrogen) atoms. The fourth-order valence-corrected chi connectivity index (χ4v) is 2.01. The molecule has 0 aromatic heterocycles. The molecule has 0 spiro atoms. The van der Waals surface area contributed by atoms with Crippen molar-refractivity contribution in [2.45, 2.75) is 52.7 Å². The minimum atomic E-state index is -0.217. The number of benzene rings is 1. The molecule has 1 aromatic rings. The molecule has 1 N–H and O–H groups in total. The van der Waals surface area contributed by atoms with Crippen LogP contribution in [0.2, 0.25) is 0 Å². The van der Waals surface area contributed by atoms with Crippen molar-refractivity contribution in [2.75, 3.05) is 13.7 Å². The van der Waals surface area contributed by atoms with Crippen molar-refractivity contribution >= 4 is 0 Å². The van der Waals surface area contributed by atoms with Gasteiger partial charge in [0.05, 0.1) is 12.7 Å². The number of rotatable bonds is 6. The Bertz CT molecular complexity index is 396. The van der Waals surface area contributed by atoms with Crippen LogP contribution in [0.25, 0.3) is 0 Å². The van der Waals surface area contributed by atoms with Gasteiger partial charge in [-0.2, -0.15) is 0 Å². The fraction of sp³-hybridized carbons (Fsp3) is 0.625. The molecule has 0 bridgehead atoms. The van der Waals surface area contributed by atoms with Gasteiger partial charge in [-0.15, -0.1) is 0 Å². The van der Waals surface area contributed by atoms with E-state index < -0.39 is 0 Å². The molecule has 0 amide bonds. The van der Waals surface area contributed by atoms with Crippen molar-refractivity contribution in [3.05, 3.63) is 23.8 Å². The summed E-state index contributed by atoms with van der Waals surface area (Å²) in [6, 6.07) is 6.16. The number of nitrogens with one attached hydrogen (secondary N) is 1.